The molecule has 0 aliphatic rings. The third-order valence-corrected chi connectivity index (χ3v) is 2.76. The lowest BCUT2D eigenvalue weighted by atomic mass is 9.98. The summed E-state index contributed by atoms with van der Waals surface area (Å²) in [5.41, 5.74) is -0.0562. The van der Waals surface area contributed by atoms with Crippen LogP contribution in [0, 0.1) is 0 Å². The molecule has 0 aliphatic heterocycles. The molecule has 0 saturated carbocycles. The second-order valence-corrected chi connectivity index (χ2v) is 5.22. The number of hydrogen-bond acceptors (Lipinski definition) is 3. The first-order valence-corrected chi connectivity index (χ1v) is 6.41. The first kappa shape index (κ1) is 15.2. The maximum Gasteiger partial charge on any atom is 0.303 e. The van der Waals surface area contributed by atoms with Gasteiger partial charge in [-0.05, 0) is 26.7 Å². The molecule has 0 bridgehead atoms. The first-order chi connectivity index (χ1) is 8.84. The van der Waals surface area contributed by atoms with E-state index in [1.807, 2.05) is 20.8 Å². The lowest BCUT2D eigenvalue weighted by Crippen LogP contribution is -2.43. The summed E-state index contributed by atoms with van der Waals surface area (Å²) in [6.45, 7) is 6.43. The van der Waals surface area contributed by atoms with Gasteiger partial charge < -0.3 is 10.4 Å². The van der Waals surface area contributed by atoms with E-state index < -0.39 is 11.5 Å². The molecule has 6 heteroatoms. The number of aliphatic carboxylic acids is 1. The molecule has 1 amide bonds. The van der Waals surface area contributed by atoms with Gasteiger partial charge in [-0.2, -0.15) is 5.10 Å². The molecule has 1 aromatic rings. The van der Waals surface area contributed by atoms with Crippen molar-refractivity contribution >= 4 is 11.9 Å². The summed E-state index contributed by atoms with van der Waals surface area (Å²) in [5.74, 6) is -1.09. The number of aromatic nitrogens is 2. The molecule has 19 heavy (non-hydrogen) atoms. The van der Waals surface area contributed by atoms with E-state index in [-0.39, 0.29) is 12.3 Å². The Morgan fingerprint density at radius 3 is 2.74 bits per heavy atom. The lowest BCUT2D eigenvalue weighted by Gasteiger charge is -2.25. The Bertz CT molecular complexity index is 452. The molecule has 2 N–H and O–H groups in total. The molecule has 0 aliphatic carbocycles. The molecule has 6 nitrogen and oxygen atoms in total. The third kappa shape index (κ3) is 5.11. The van der Waals surface area contributed by atoms with E-state index in [4.69, 9.17) is 5.11 Å². The van der Waals surface area contributed by atoms with Crippen LogP contribution in [0.4, 0.5) is 0 Å². The fourth-order valence-electron chi connectivity index (χ4n) is 1.69. The Morgan fingerprint density at radius 2 is 2.16 bits per heavy atom. The molecule has 0 unspecified atom stereocenters. The van der Waals surface area contributed by atoms with E-state index in [0.717, 1.165) is 13.0 Å². The van der Waals surface area contributed by atoms with Crippen molar-refractivity contribution < 1.29 is 14.7 Å². The number of rotatable bonds is 7. The third-order valence-electron chi connectivity index (χ3n) is 2.76. The highest BCUT2D eigenvalue weighted by Crippen LogP contribution is 2.12. The number of amides is 1. The Labute approximate surface area is 112 Å². The average Bonchev–Trinajstić information content (AvgIpc) is 2.75. The number of carboxylic acid groups (broad SMARTS) is 1. The standard InChI is InChI=1S/C13H21N3O3/c1-4-7-16-9-10(8-14-16)12(19)15-13(2,3)6-5-11(17)18/h8-9H,4-7H2,1-3H3,(H,15,19)(H,17,18). The van der Waals surface area contributed by atoms with Crippen LogP contribution in [0.2, 0.25) is 0 Å². The van der Waals surface area contributed by atoms with E-state index in [1.54, 1.807) is 10.9 Å². The van der Waals surface area contributed by atoms with Crippen LogP contribution in [-0.2, 0) is 11.3 Å². The fourth-order valence-corrected chi connectivity index (χ4v) is 1.69. The largest absolute Gasteiger partial charge is 0.481 e. The van der Waals surface area contributed by atoms with Crippen LogP contribution in [0.25, 0.3) is 0 Å². The minimum atomic E-state index is -0.863. The van der Waals surface area contributed by atoms with Crippen molar-refractivity contribution in [3.63, 3.8) is 0 Å². The van der Waals surface area contributed by atoms with Crippen molar-refractivity contribution in [1.29, 1.82) is 0 Å². The zero-order chi connectivity index (χ0) is 14.5. The van der Waals surface area contributed by atoms with Crippen LogP contribution in [0.15, 0.2) is 12.4 Å². The van der Waals surface area contributed by atoms with Crippen molar-refractivity contribution in [2.75, 3.05) is 0 Å². The molecule has 1 aromatic heterocycles. The van der Waals surface area contributed by atoms with Gasteiger partial charge in [-0.3, -0.25) is 14.3 Å². The number of carbonyl (C=O) groups excluding carboxylic acids is 1. The van der Waals surface area contributed by atoms with Crippen molar-refractivity contribution in [3.8, 4) is 0 Å². The normalized spacial score (nSPS) is 11.3. The molecule has 1 heterocycles. The summed E-state index contributed by atoms with van der Waals surface area (Å²) >= 11 is 0. The van der Waals surface area contributed by atoms with Gasteiger partial charge in [0.25, 0.3) is 5.91 Å². The molecule has 0 saturated heterocycles. The molecule has 0 fully saturated rings. The van der Waals surface area contributed by atoms with Gasteiger partial charge in [0.2, 0.25) is 0 Å². The zero-order valence-electron chi connectivity index (χ0n) is 11.6. The number of nitrogens with zero attached hydrogens (tertiary/aromatic N) is 2. The Morgan fingerprint density at radius 1 is 1.47 bits per heavy atom. The molecule has 0 radical (unpaired) electrons. The Balaban J connectivity index is 2.59. The van der Waals surface area contributed by atoms with Crippen LogP contribution >= 0.6 is 0 Å². The molecule has 1 rings (SSSR count). The van der Waals surface area contributed by atoms with Crippen LogP contribution < -0.4 is 5.32 Å². The average molecular weight is 267 g/mol. The minimum Gasteiger partial charge on any atom is -0.481 e. The molecule has 0 aromatic carbocycles. The van der Waals surface area contributed by atoms with Gasteiger partial charge >= 0.3 is 5.97 Å². The predicted octanol–water partition coefficient (Wildman–Crippen LogP) is 1.67. The van der Waals surface area contributed by atoms with Crippen molar-refractivity contribution in [1.82, 2.24) is 15.1 Å². The molecule has 0 spiro atoms. The van der Waals surface area contributed by atoms with Crippen LogP contribution in [-0.4, -0.2) is 32.3 Å². The summed E-state index contributed by atoms with van der Waals surface area (Å²) < 4.78 is 1.72. The highest BCUT2D eigenvalue weighted by atomic mass is 16.4. The second-order valence-electron chi connectivity index (χ2n) is 5.22. The van der Waals surface area contributed by atoms with Gasteiger partial charge in [0.15, 0.2) is 0 Å². The van der Waals surface area contributed by atoms with Crippen LogP contribution in [0.1, 0.15) is 50.4 Å². The highest BCUT2D eigenvalue weighted by molar-refractivity contribution is 5.94. The van der Waals surface area contributed by atoms with Crippen molar-refractivity contribution in [3.05, 3.63) is 18.0 Å². The van der Waals surface area contributed by atoms with Crippen molar-refractivity contribution in [2.45, 2.75) is 52.1 Å². The maximum absolute atomic E-state index is 12.0. The number of carbonyl (C=O) groups is 2. The number of nitrogens with one attached hydrogen (secondary N) is 1. The van der Waals surface area contributed by atoms with E-state index in [9.17, 15) is 9.59 Å². The number of aryl methyl sites for hydroxylation is 1. The van der Waals surface area contributed by atoms with Gasteiger partial charge in [-0.1, -0.05) is 6.92 Å². The minimum absolute atomic E-state index is 0.0301. The van der Waals surface area contributed by atoms with E-state index in [1.165, 1.54) is 6.20 Å². The molecular weight excluding hydrogens is 246 g/mol. The monoisotopic (exact) mass is 267 g/mol. The van der Waals surface area contributed by atoms with Gasteiger partial charge in [-0.15, -0.1) is 0 Å². The van der Waals surface area contributed by atoms with Gasteiger partial charge in [0.05, 0.1) is 11.8 Å². The summed E-state index contributed by atoms with van der Waals surface area (Å²) in [4.78, 5) is 22.6. The predicted molar refractivity (Wildman–Crippen MR) is 70.9 cm³/mol. The maximum atomic E-state index is 12.0. The van der Waals surface area contributed by atoms with E-state index in [2.05, 4.69) is 10.4 Å². The summed E-state index contributed by atoms with van der Waals surface area (Å²) in [6.07, 6.45) is 4.59. The Kier molecular flexibility index (Phi) is 5.09. The molecule has 106 valence electrons. The number of carboxylic acids is 1. The quantitative estimate of drug-likeness (QED) is 0.787. The van der Waals surface area contributed by atoms with Crippen LogP contribution in [0.5, 0.6) is 0 Å². The first-order valence-electron chi connectivity index (χ1n) is 6.41. The summed E-state index contributed by atoms with van der Waals surface area (Å²) in [7, 11) is 0. The molecule has 0 atom stereocenters. The molecular formula is C13H21N3O3. The van der Waals surface area contributed by atoms with Gasteiger partial charge in [0, 0.05) is 24.7 Å². The topological polar surface area (TPSA) is 84.2 Å². The fraction of sp³-hybridized carbons (Fsp3) is 0.615. The second kappa shape index (κ2) is 6.36. The lowest BCUT2D eigenvalue weighted by molar-refractivity contribution is -0.137. The highest BCUT2D eigenvalue weighted by Gasteiger charge is 2.22. The van der Waals surface area contributed by atoms with Crippen molar-refractivity contribution in [2.24, 2.45) is 0 Å². The van der Waals surface area contributed by atoms with Gasteiger partial charge in [-0.25, -0.2) is 0 Å². The smallest absolute Gasteiger partial charge is 0.303 e. The van der Waals surface area contributed by atoms with Crippen LogP contribution in [0.3, 0.4) is 0 Å². The SMILES string of the molecule is CCCn1cc(C(=O)NC(C)(C)CCC(=O)O)cn1. The number of hydrogen-bond donors (Lipinski definition) is 2. The summed E-state index contributed by atoms with van der Waals surface area (Å²) in [6, 6.07) is 0. The summed E-state index contributed by atoms with van der Waals surface area (Å²) in [5, 5.41) is 15.6. The van der Waals surface area contributed by atoms with E-state index >= 15 is 0 Å². The van der Waals surface area contributed by atoms with Gasteiger partial charge in [0.1, 0.15) is 0 Å². The Hall–Kier alpha value is -1.85. The zero-order valence-corrected chi connectivity index (χ0v) is 11.6. The van der Waals surface area contributed by atoms with E-state index in [0.29, 0.717) is 12.0 Å².